The molecule has 0 radical (unpaired) electrons. The molecule has 0 heterocycles. The van der Waals surface area contributed by atoms with Gasteiger partial charge in [-0.3, -0.25) is 0 Å². The van der Waals surface area contributed by atoms with Crippen LogP contribution < -0.4 is 5.32 Å². The van der Waals surface area contributed by atoms with E-state index in [1.54, 1.807) is 0 Å². The van der Waals surface area contributed by atoms with E-state index in [4.69, 9.17) is 5.11 Å². The van der Waals surface area contributed by atoms with Crippen molar-refractivity contribution in [3.63, 3.8) is 0 Å². The molecule has 0 bridgehead atoms. The third kappa shape index (κ3) is 3.12. The zero-order chi connectivity index (χ0) is 14.7. The van der Waals surface area contributed by atoms with Crippen molar-refractivity contribution in [2.75, 3.05) is 5.32 Å². The molecule has 0 fully saturated rings. The minimum absolute atomic E-state index is 0.252. The molecule has 0 aliphatic carbocycles. The van der Waals surface area contributed by atoms with Crippen molar-refractivity contribution in [1.29, 1.82) is 0 Å². The molecule has 0 unspecified atom stereocenters. The lowest BCUT2D eigenvalue weighted by Gasteiger charge is -2.10. The number of hydrogen-bond donors (Lipinski definition) is 2. The molecule has 0 aromatic heterocycles. The number of anilines is 1. The topological polar surface area (TPSA) is 49.3 Å². The first kappa shape index (κ1) is 14.0. The first-order valence-corrected chi connectivity index (χ1v) is 5.99. The summed E-state index contributed by atoms with van der Waals surface area (Å²) in [6, 6.07) is 9.10. The smallest absolute Gasteiger partial charge is 0.335 e. The zero-order valence-electron chi connectivity index (χ0n) is 10.8. The van der Waals surface area contributed by atoms with Gasteiger partial charge in [-0.1, -0.05) is 29.8 Å². The van der Waals surface area contributed by atoms with Gasteiger partial charge < -0.3 is 10.4 Å². The van der Waals surface area contributed by atoms with Crippen LogP contribution in [0.2, 0.25) is 0 Å². The lowest BCUT2D eigenvalue weighted by Crippen LogP contribution is -2.06. The molecular formula is C15H13F2NO2. The summed E-state index contributed by atoms with van der Waals surface area (Å²) in [5.41, 5.74) is 1.19. The fourth-order valence-electron chi connectivity index (χ4n) is 1.88. The van der Waals surface area contributed by atoms with Crippen LogP contribution >= 0.6 is 0 Å². The second-order valence-corrected chi connectivity index (χ2v) is 4.46. The number of nitrogens with one attached hydrogen (secondary N) is 1. The minimum atomic E-state index is -1.37. The number of carbonyl (C=O) groups is 1. The third-order valence-corrected chi connectivity index (χ3v) is 2.84. The molecule has 0 atom stereocenters. The Balaban J connectivity index is 2.20. The highest BCUT2D eigenvalue weighted by Gasteiger charge is 2.14. The number of aromatic carboxylic acids is 1. The van der Waals surface area contributed by atoms with Gasteiger partial charge in [-0.05, 0) is 24.6 Å². The number of benzene rings is 2. The van der Waals surface area contributed by atoms with E-state index in [0.29, 0.717) is 0 Å². The number of halogens is 2. The Labute approximate surface area is 114 Å². The van der Waals surface area contributed by atoms with Crippen LogP contribution in [0.4, 0.5) is 14.5 Å². The Morgan fingerprint density at radius 2 is 1.85 bits per heavy atom. The highest BCUT2D eigenvalue weighted by atomic mass is 19.1. The van der Waals surface area contributed by atoms with Gasteiger partial charge in [0.2, 0.25) is 0 Å². The van der Waals surface area contributed by atoms with Gasteiger partial charge in [0.05, 0.1) is 5.56 Å². The summed E-state index contributed by atoms with van der Waals surface area (Å²) in [7, 11) is 0. The number of hydrogen-bond acceptors (Lipinski definition) is 2. The maximum absolute atomic E-state index is 13.7. The van der Waals surface area contributed by atoms with Crippen LogP contribution in [-0.2, 0) is 6.54 Å². The lowest BCUT2D eigenvalue weighted by molar-refractivity contribution is 0.0696. The third-order valence-electron chi connectivity index (χ3n) is 2.84. The summed E-state index contributed by atoms with van der Waals surface area (Å²) in [5, 5.41) is 11.4. The van der Waals surface area contributed by atoms with Gasteiger partial charge >= 0.3 is 5.97 Å². The lowest BCUT2D eigenvalue weighted by atomic mass is 10.1. The monoisotopic (exact) mass is 277 g/mol. The van der Waals surface area contributed by atoms with E-state index in [0.717, 1.165) is 23.3 Å². The summed E-state index contributed by atoms with van der Waals surface area (Å²) < 4.78 is 27.4. The molecule has 2 aromatic carbocycles. The largest absolute Gasteiger partial charge is 0.478 e. The van der Waals surface area contributed by atoms with Gasteiger partial charge in [-0.25, -0.2) is 13.6 Å². The number of carboxylic acids is 1. The average molecular weight is 277 g/mol. The average Bonchev–Trinajstić information content (AvgIpc) is 2.37. The van der Waals surface area contributed by atoms with Crippen LogP contribution in [-0.4, -0.2) is 11.1 Å². The fraction of sp³-hybridized carbons (Fsp3) is 0.133. The summed E-state index contributed by atoms with van der Waals surface area (Å²) in [5.74, 6) is -3.21. The van der Waals surface area contributed by atoms with Gasteiger partial charge in [0, 0.05) is 6.54 Å². The minimum Gasteiger partial charge on any atom is -0.478 e. The molecular weight excluding hydrogens is 264 g/mol. The summed E-state index contributed by atoms with van der Waals surface area (Å²) in [4.78, 5) is 10.7. The van der Waals surface area contributed by atoms with E-state index in [1.165, 1.54) is 0 Å². The Bertz CT molecular complexity index is 633. The van der Waals surface area contributed by atoms with Crippen molar-refractivity contribution < 1.29 is 18.7 Å². The predicted octanol–water partition coefficient (Wildman–Crippen LogP) is 3.58. The van der Waals surface area contributed by atoms with Crippen molar-refractivity contribution >= 4 is 11.7 Å². The molecule has 3 nitrogen and oxygen atoms in total. The zero-order valence-corrected chi connectivity index (χ0v) is 10.8. The normalized spacial score (nSPS) is 10.3. The molecule has 104 valence electrons. The van der Waals surface area contributed by atoms with Gasteiger partial charge in [0.1, 0.15) is 17.3 Å². The van der Waals surface area contributed by atoms with Crippen molar-refractivity contribution in [3.05, 3.63) is 64.7 Å². The number of rotatable bonds is 4. The molecule has 5 heteroatoms. The molecule has 2 rings (SSSR count). The Morgan fingerprint density at radius 1 is 1.20 bits per heavy atom. The second-order valence-electron chi connectivity index (χ2n) is 4.46. The van der Waals surface area contributed by atoms with E-state index < -0.39 is 23.2 Å². The quantitative estimate of drug-likeness (QED) is 0.898. The molecule has 2 aromatic rings. The maximum atomic E-state index is 13.7. The van der Waals surface area contributed by atoms with Crippen LogP contribution in [0.5, 0.6) is 0 Å². The Morgan fingerprint density at radius 3 is 2.40 bits per heavy atom. The first-order chi connectivity index (χ1) is 9.47. The maximum Gasteiger partial charge on any atom is 0.335 e. The van der Waals surface area contributed by atoms with Crippen LogP contribution in [0.15, 0.2) is 36.4 Å². The van der Waals surface area contributed by atoms with E-state index in [9.17, 15) is 13.6 Å². The van der Waals surface area contributed by atoms with Crippen LogP contribution in [0, 0.1) is 18.6 Å². The van der Waals surface area contributed by atoms with Crippen LogP contribution in [0.25, 0.3) is 0 Å². The predicted molar refractivity (Wildman–Crippen MR) is 71.8 cm³/mol. The molecule has 0 aliphatic rings. The summed E-state index contributed by atoms with van der Waals surface area (Å²) in [6.07, 6.45) is 0. The van der Waals surface area contributed by atoms with E-state index in [2.05, 4.69) is 5.32 Å². The Kier molecular flexibility index (Phi) is 3.98. The molecule has 0 amide bonds. The highest BCUT2D eigenvalue weighted by molar-refractivity contribution is 5.88. The summed E-state index contributed by atoms with van der Waals surface area (Å²) in [6.45, 7) is 2.17. The molecule has 0 saturated carbocycles. The van der Waals surface area contributed by atoms with E-state index >= 15 is 0 Å². The van der Waals surface area contributed by atoms with Crippen molar-refractivity contribution in [1.82, 2.24) is 0 Å². The van der Waals surface area contributed by atoms with Crippen LogP contribution in [0.1, 0.15) is 21.5 Å². The SMILES string of the molecule is Cc1cccc(CNc2c(F)cc(C(=O)O)cc2F)c1. The standard InChI is InChI=1S/C15H13F2NO2/c1-9-3-2-4-10(5-9)8-18-14-12(16)6-11(15(19)20)7-13(14)17/h2-7,18H,8H2,1H3,(H,19,20). The van der Waals surface area contributed by atoms with Gasteiger partial charge in [-0.15, -0.1) is 0 Å². The number of carboxylic acid groups (broad SMARTS) is 1. The fourth-order valence-corrected chi connectivity index (χ4v) is 1.88. The first-order valence-electron chi connectivity index (χ1n) is 5.99. The van der Waals surface area contributed by atoms with Gasteiger partial charge in [0.15, 0.2) is 0 Å². The second kappa shape index (κ2) is 5.69. The molecule has 0 spiro atoms. The molecule has 0 saturated heterocycles. The van der Waals surface area contributed by atoms with Crippen molar-refractivity contribution in [3.8, 4) is 0 Å². The van der Waals surface area contributed by atoms with Gasteiger partial charge in [0.25, 0.3) is 0 Å². The highest BCUT2D eigenvalue weighted by Crippen LogP contribution is 2.21. The molecule has 0 aliphatic heterocycles. The number of aryl methyl sites for hydroxylation is 1. The van der Waals surface area contributed by atoms with E-state index in [1.807, 2.05) is 31.2 Å². The summed E-state index contributed by atoms with van der Waals surface area (Å²) >= 11 is 0. The molecule has 20 heavy (non-hydrogen) atoms. The van der Waals surface area contributed by atoms with Gasteiger partial charge in [-0.2, -0.15) is 0 Å². The molecule has 2 N–H and O–H groups in total. The van der Waals surface area contributed by atoms with Crippen molar-refractivity contribution in [2.45, 2.75) is 13.5 Å². The van der Waals surface area contributed by atoms with E-state index in [-0.39, 0.29) is 12.2 Å². The van der Waals surface area contributed by atoms with Crippen molar-refractivity contribution in [2.24, 2.45) is 0 Å². The van der Waals surface area contributed by atoms with Crippen LogP contribution in [0.3, 0.4) is 0 Å². The Hall–Kier alpha value is -2.43.